The summed E-state index contributed by atoms with van der Waals surface area (Å²) in [5.74, 6) is 0.190. The smallest absolute Gasteiger partial charge is 0.295 e. The lowest BCUT2D eigenvalue weighted by Crippen LogP contribution is -2.14. The molecule has 31 heavy (non-hydrogen) atoms. The first kappa shape index (κ1) is 21.1. The third-order valence-corrected chi connectivity index (χ3v) is 5.66. The Kier molecular flexibility index (Phi) is 6.07. The van der Waals surface area contributed by atoms with Crippen molar-refractivity contribution in [2.45, 2.75) is 20.3 Å². The summed E-state index contributed by atoms with van der Waals surface area (Å²) in [5.41, 5.74) is 4.25. The molecule has 7 heteroatoms. The van der Waals surface area contributed by atoms with Crippen LogP contribution in [0.1, 0.15) is 28.7 Å². The van der Waals surface area contributed by atoms with Gasteiger partial charge in [0.15, 0.2) is 5.82 Å². The number of amides is 1. The normalized spacial score (nSPS) is 10.8. The fourth-order valence-corrected chi connectivity index (χ4v) is 3.49. The van der Waals surface area contributed by atoms with Gasteiger partial charge in [-0.1, -0.05) is 48.3 Å². The van der Waals surface area contributed by atoms with Gasteiger partial charge in [0.25, 0.3) is 5.91 Å². The Morgan fingerprint density at radius 3 is 2.39 bits per heavy atom. The van der Waals surface area contributed by atoms with Gasteiger partial charge in [-0.3, -0.25) is 4.79 Å². The number of nitrogens with zero attached hydrogens (tertiary/aromatic N) is 3. The number of nitrogens with one attached hydrogen (secondary N) is 1. The quantitative estimate of drug-likeness (QED) is 0.384. The van der Waals surface area contributed by atoms with Gasteiger partial charge in [0, 0.05) is 21.3 Å². The Labute approximate surface area is 190 Å². The van der Waals surface area contributed by atoms with Crippen molar-refractivity contribution in [2.24, 2.45) is 0 Å². The zero-order valence-electron chi connectivity index (χ0n) is 17.1. The topological polar surface area (TPSA) is 59.8 Å². The van der Waals surface area contributed by atoms with Gasteiger partial charge >= 0.3 is 0 Å². The van der Waals surface area contributed by atoms with Crippen LogP contribution in [0.5, 0.6) is 0 Å². The number of halogens is 2. The Balaban J connectivity index is 1.76. The van der Waals surface area contributed by atoms with E-state index < -0.39 is 5.91 Å². The molecule has 1 heterocycles. The summed E-state index contributed by atoms with van der Waals surface area (Å²) < 4.78 is 1.64. The lowest BCUT2D eigenvalue weighted by atomic mass is 10.1. The van der Waals surface area contributed by atoms with E-state index in [9.17, 15) is 4.79 Å². The van der Waals surface area contributed by atoms with Crippen molar-refractivity contribution in [1.82, 2.24) is 14.8 Å². The summed E-state index contributed by atoms with van der Waals surface area (Å²) in [7, 11) is 0. The molecular formula is C24H20Cl2N4O. The second-order valence-electron chi connectivity index (χ2n) is 7.07. The summed E-state index contributed by atoms with van der Waals surface area (Å²) in [6.07, 6.45) is 0.934. The first-order valence-electron chi connectivity index (χ1n) is 9.85. The van der Waals surface area contributed by atoms with Gasteiger partial charge in [-0.2, -0.15) is 0 Å². The zero-order valence-corrected chi connectivity index (χ0v) is 18.6. The first-order valence-corrected chi connectivity index (χ1v) is 10.6. The maximum absolute atomic E-state index is 12.9. The van der Waals surface area contributed by atoms with Gasteiger partial charge in [0.2, 0.25) is 5.82 Å². The van der Waals surface area contributed by atoms with Crippen molar-refractivity contribution >= 4 is 34.8 Å². The van der Waals surface area contributed by atoms with Crippen LogP contribution in [0.4, 0.5) is 5.69 Å². The molecule has 3 aromatic carbocycles. The van der Waals surface area contributed by atoms with Crippen LogP contribution in [-0.2, 0) is 6.42 Å². The van der Waals surface area contributed by atoms with E-state index in [1.807, 2.05) is 61.5 Å². The molecule has 0 aliphatic heterocycles. The van der Waals surface area contributed by atoms with Crippen LogP contribution < -0.4 is 5.32 Å². The SMILES string of the molecule is CCc1ccc(NC(=O)c2nc(-c3ccc(Cl)cc3)n(-c3cccc(Cl)c3C)n2)cc1. The minimum absolute atomic E-state index is 0.0592. The van der Waals surface area contributed by atoms with Gasteiger partial charge in [-0.05, 0) is 73.0 Å². The molecule has 0 atom stereocenters. The van der Waals surface area contributed by atoms with Crippen molar-refractivity contribution in [2.75, 3.05) is 5.32 Å². The van der Waals surface area contributed by atoms with Gasteiger partial charge in [-0.25, -0.2) is 9.67 Å². The molecule has 4 aromatic rings. The van der Waals surface area contributed by atoms with Gasteiger partial charge in [-0.15, -0.1) is 5.10 Å². The standard InChI is InChI=1S/C24H20Cl2N4O/c1-3-16-7-13-19(14-8-16)27-24(31)22-28-23(17-9-11-18(25)12-10-17)30(29-22)21-6-4-5-20(26)15(21)2/h4-14H,3H2,1-2H3,(H,27,31). The van der Waals surface area contributed by atoms with E-state index >= 15 is 0 Å². The van der Waals surface area contributed by atoms with Gasteiger partial charge in [0.1, 0.15) is 0 Å². The van der Waals surface area contributed by atoms with Crippen LogP contribution in [0.15, 0.2) is 66.7 Å². The summed E-state index contributed by atoms with van der Waals surface area (Å²) in [6.45, 7) is 3.99. The average Bonchev–Trinajstić information content (AvgIpc) is 3.22. The monoisotopic (exact) mass is 450 g/mol. The highest BCUT2D eigenvalue weighted by Gasteiger charge is 2.20. The highest BCUT2D eigenvalue weighted by Crippen LogP contribution is 2.27. The van der Waals surface area contributed by atoms with E-state index in [-0.39, 0.29) is 5.82 Å². The lowest BCUT2D eigenvalue weighted by molar-refractivity contribution is 0.101. The molecule has 0 aliphatic carbocycles. The predicted molar refractivity (Wildman–Crippen MR) is 125 cm³/mol. The number of carbonyl (C=O) groups is 1. The van der Waals surface area contributed by atoms with Crippen molar-refractivity contribution in [3.05, 3.63) is 93.7 Å². The zero-order chi connectivity index (χ0) is 22.0. The fraction of sp³-hybridized carbons (Fsp3) is 0.125. The molecule has 156 valence electrons. The molecule has 0 aliphatic rings. The molecule has 0 bridgehead atoms. The molecule has 4 rings (SSSR count). The number of aryl methyl sites for hydroxylation is 1. The van der Waals surface area contributed by atoms with Crippen LogP contribution in [0.2, 0.25) is 10.0 Å². The van der Waals surface area contributed by atoms with Gasteiger partial charge < -0.3 is 5.32 Å². The number of rotatable bonds is 5. The van der Waals surface area contributed by atoms with Gasteiger partial charge in [0.05, 0.1) is 5.69 Å². The van der Waals surface area contributed by atoms with E-state index in [0.717, 1.165) is 23.2 Å². The summed E-state index contributed by atoms with van der Waals surface area (Å²) in [4.78, 5) is 17.4. The number of benzene rings is 3. The lowest BCUT2D eigenvalue weighted by Gasteiger charge is -2.10. The Morgan fingerprint density at radius 1 is 1.00 bits per heavy atom. The summed E-state index contributed by atoms with van der Waals surface area (Å²) in [6, 6.07) is 20.5. The molecule has 1 N–H and O–H groups in total. The van der Waals surface area contributed by atoms with Crippen LogP contribution in [0.25, 0.3) is 17.1 Å². The molecule has 5 nitrogen and oxygen atoms in total. The van der Waals surface area contributed by atoms with Crippen molar-refractivity contribution in [1.29, 1.82) is 0 Å². The molecule has 0 spiro atoms. The molecule has 0 fully saturated rings. The van der Waals surface area contributed by atoms with Crippen LogP contribution in [-0.4, -0.2) is 20.7 Å². The maximum Gasteiger partial charge on any atom is 0.295 e. The number of hydrogen-bond acceptors (Lipinski definition) is 3. The Bertz CT molecular complexity index is 1230. The van der Waals surface area contributed by atoms with E-state index in [0.29, 0.717) is 21.6 Å². The molecular weight excluding hydrogens is 431 g/mol. The van der Waals surface area contributed by atoms with Crippen molar-refractivity contribution in [3.63, 3.8) is 0 Å². The number of anilines is 1. The first-order chi connectivity index (χ1) is 15.0. The Morgan fingerprint density at radius 2 is 1.71 bits per heavy atom. The number of carbonyl (C=O) groups excluding carboxylic acids is 1. The highest BCUT2D eigenvalue weighted by molar-refractivity contribution is 6.31. The van der Waals surface area contributed by atoms with E-state index in [1.165, 1.54) is 5.56 Å². The van der Waals surface area contributed by atoms with Crippen LogP contribution in [0.3, 0.4) is 0 Å². The molecule has 0 unspecified atom stereocenters. The predicted octanol–water partition coefficient (Wildman–Crippen LogP) is 6.36. The second kappa shape index (κ2) is 8.92. The van der Waals surface area contributed by atoms with Crippen molar-refractivity contribution < 1.29 is 4.79 Å². The summed E-state index contributed by atoms with van der Waals surface area (Å²) >= 11 is 12.4. The van der Waals surface area contributed by atoms with Crippen molar-refractivity contribution in [3.8, 4) is 17.1 Å². The van der Waals surface area contributed by atoms with Crippen LogP contribution in [0, 0.1) is 6.92 Å². The average molecular weight is 451 g/mol. The molecule has 0 radical (unpaired) electrons. The maximum atomic E-state index is 12.9. The van der Waals surface area contributed by atoms with E-state index in [2.05, 4.69) is 22.3 Å². The second-order valence-corrected chi connectivity index (χ2v) is 7.91. The highest BCUT2D eigenvalue weighted by atomic mass is 35.5. The van der Waals surface area contributed by atoms with E-state index in [4.69, 9.17) is 23.2 Å². The molecule has 0 saturated carbocycles. The minimum Gasteiger partial charge on any atom is -0.319 e. The minimum atomic E-state index is -0.391. The fourth-order valence-electron chi connectivity index (χ4n) is 3.20. The van der Waals surface area contributed by atoms with Crippen LogP contribution >= 0.6 is 23.2 Å². The third-order valence-electron chi connectivity index (χ3n) is 5.00. The van der Waals surface area contributed by atoms with E-state index in [1.54, 1.807) is 16.8 Å². The Hall–Kier alpha value is -3.15. The summed E-state index contributed by atoms with van der Waals surface area (Å²) in [5, 5.41) is 8.60. The molecule has 1 amide bonds. The third kappa shape index (κ3) is 4.48. The number of aromatic nitrogens is 3. The largest absolute Gasteiger partial charge is 0.319 e. The molecule has 0 saturated heterocycles. The number of hydrogen-bond donors (Lipinski definition) is 1. The molecule has 1 aromatic heterocycles.